The van der Waals surface area contributed by atoms with Gasteiger partial charge in [0.25, 0.3) is 5.91 Å². The zero-order chi connectivity index (χ0) is 24.9. The van der Waals surface area contributed by atoms with E-state index in [4.69, 9.17) is 17.3 Å². The van der Waals surface area contributed by atoms with E-state index in [1.807, 2.05) is 49.4 Å². The molecule has 0 radical (unpaired) electrons. The Morgan fingerprint density at radius 1 is 1.14 bits per heavy atom. The van der Waals surface area contributed by atoms with Gasteiger partial charge in [0.2, 0.25) is 17.0 Å². The number of rotatable bonds is 5. The van der Waals surface area contributed by atoms with Crippen LogP contribution in [0.25, 0.3) is 11.1 Å². The van der Waals surface area contributed by atoms with E-state index in [1.165, 1.54) is 11.1 Å². The van der Waals surface area contributed by atoms with E-state index in [0.717, 1.165) is 22.3 Å². The van der Waals surface area contributed by atoms with Crippen molar-refractivity contribution in [3.05, 3.63) is 83.1 Å². The first kappa shape index (κ1) is 23.2. The molecule has 35 heavy (non-hydrogen) atoms. The van der Waals surface area contributed by atoms with E-state index < -0.39 is 16.6 Å². The molecule has 5 rings (SSSR count). The smallest absolute Gasteiger partial charge is 0.260 e. The highest BCUT2D eigenvalue weighted by molar-refractivity contribution is 7.79. The number of aromatic nitrogens is 3. The summed E-state index contributed by atoms with van der Waals surface area (Å²) in [7, 11) is 0. The van der Waals surface area contributed by atoms with Crippen LogP contribution in [-0.2, 0) is 27.8 Å². The minimum atomic E-state index is -2.34. The zero-order valence-electron chi connectivity index (χ0n) is 19.0. The number of nitrogens with zero attached hydrogens (tertiary/aromatic N) is 4. The normalized spacial score (nSPS) is 18.1. The standard InChI is InChI=1S/C25H22ClN5O3S/c1-15-10-18(26)12-19(11-15)30-23(32)25(2,31-21(35(33)34)14-29-24(30)31)13-16-5-7-17(8-6-16)20-4-3-9-28-22(20)27/h3-12,14H,13H2,1-2H3,(H2,27,28)(H,33,34)/t25-/m1/s1. The van der Waals surface area contributed by atoms with Crippen LogP contribution in [0.5, 0.6) is 0 Å². The molecule has 3 heterocycles. The summed E-state index contributed by atoms with van der Waals surface area (Å²) >= 11 is 3.93. The Labute approximate surface area is 209 Å². The molecule has 1 aliphatic rings. The first-order valence-electron chi connectivity index (χ1n) is 10.8. The van der Waals surface area contributed by atoms with Gasteiger partial charge in [-0.1, -0.05) is 35.9 Å². The van der Waals surface area contributed by atoms with E-state index in [2.05, 4.69) is 9.97 Å². The van der Waals surface area contributed by atoms with Gasteiger partial charge in [0, 0.05) is 23.2 Å². The number of fused-ring (bicyclic) bond motifs is 1. The van der Waals surface area contributed by atoms with Gasteiger partial charge in [-0.25, -0.2) is 19.1 Å². The van der Waals surface area contributed by atoms with E-state index in [0.29, 0.717) is 16.5 Å². The van der Waals surface area contributed by atoms with Crippen LogP contribution in [0.15, 0.2) is 72.0 Å². The monoisotopic (exact) mass is 507 g/mol. The predicted octanol–water partition coefficient (Wildman–Crippen LogP) is 4.71. The number of carbonyl (C=O) groups excluding carboxylic acids is 1. The summed E-state index contributed by atoms with van der Waals surface area (Å²) in [5, 5.41) is 0.535. The SMILES string of the molecule is Cc1cc(Cl)cc(N2C(=O)[C@@](C)(Cc3ccc(-c4cccnc4N)cc3)n3c(S(=O)O)cnc32)c1. The van der Waals surface area contributed by atoms with Gasteiger partial charge in [-0.2, -0.15) is 0 Å². The Hall–Kier alpha value is -3.53. The fraction of sp³-hybridized carbons (Fsp3) is 0.160. The van der Waals surface area contributed by atoms with Crippen LogP contribution in [0.4, 0.5) is 17.5 Å². The van der Waals surface area contributed by atoms with Crippen molar-refractivity contribution in [3.63, 3.8) is 0 Å². The number of benzene rings is 2. The van der Waals surface area contributed by atoms with Gasteiger partial charge >= 0.3 is 0 Å². The molecule has 0 fully saturated rings. The van der Waals surface area contributed by atoms with Gasteiger partial charge in [0.15, 0.2) is 5.03 Å². The number of pyridine rings is 1. The van der Waals surface area contributed by atoms with Crippen LogP contribution in [-0.4, -0.2) is 29.2 Å². The second-order valence-electron chi connectivity index (χ2n) is 8.69. The first-order valence-corrected chi connectivity index (χ1v) is 12.3. The lowest BCUT2D eigenvalue weighted by atomic mass is 9.91. The molecule has 1 unspecified atom stereocenters. The molecule has 2 aromatic carbocycles. The third kappa shape index (κ3) is 3.91. The van der Waals surface area contributed by atoms with Gasteiger partial charge in [0.05, 0.1) is 11.9 Å². The Kier molecular flexibility index (Phi) is 5.71. The number of nitrogen functional groups attached to an aromatic ring is 1. The molecule has 2 atom stereocenters. The minimum absolute atomic E-state index is 0.0526. The molecule has 8 nitrogen and oxygen atoms in total. The fourth-order valence-electron chi connectivity index (χ4n) is 4.59. The van der Waals surface area contributed by atoms with Crippen molar-refractivity contribution >= 4 is 46.0 Å². The second-order valence-corrected chi connectivity index (χ2v) is 10.0. The van der Waals surface area contributed by atoms with Crippen molar-refractivity contribution in [2.45, 2.75) is 30.8 Å². The molecule has 0 bridgehead atoms. The third-order valence-electron chi connectivity index (χ3n) is 6.18. The number of halogens is 1. The summed E-state index contributed by atoms with van der Waals surface area (Å²) in [6.07, 6.45) is 3.24. The molecule has 0 aliphatic carbocycles. The van der Waals surface area contributed by atoms with Crippen molar-refractivity contribution in [3.8, 4) is 11.1 Å². The minimum Gasteiger partial charge on any atom is -0.383 e. The lowest BCUT2D eigenvalue weighted by Gasteiger charge is -2.26. The Morgan fingerprint density at radius 3 is 2.54 bits per heavy atom. The maximum Gasteiger partial charge on any atom is 0.260 e. The second kappa shape index (κ2) is 8.60. The summed E-state index contributed by atoms with van der Waals surface area (Å²) < 4.78 is 23.6. The molecule has 2 aromatic heterocycles. The summed E-state index contributed by atoms with van der Waals surface area (Å²) in [4.78, 5) is 23.8. The molecule has 4 aromatic rings. The number of nitrogens with two attached hydrogens (primary N) is 1. The first-order chi connectivity index (χ1) is 16.7. The highest BCUT2D eigenvalue weighted by Crippen LogP contribution is 2.43. The van der Waals surface area contributed by atoms with Crippen LogP contribution in [0.2, 0.25) is 5.02 Å². The lowest BCUT2D eigenvalue weighted by molar-refractivity contribution is -0.124. The highest BCUT2D eigenvalue weighted by Gasteiger charge is 2.50. The molecule has 1 aliphatic heterocycles. The topological polar surface area (TPSA) is 114 Å². The van der Waals surface area contributed by atoms with Crippen molar-refractivity contribution < 1.29 is 13.6 Å². The number of aryl methyl sites for hydroxylation is 1. The number of anilines is 3. The molecular formula is C25H22ClN5O3S. The highest BCUT2D eigenvalue weighted by atomic mass is 35.5. The van der Waals surface area contributed by atoms with Gasteiger partial charge in [-0.3, -0.25) is 9.36 Å². The summed E-state index contributed by atoms with van der Waals surface area (Å²) in [6.45, 7) is 3.63. The van der Waals surface area contributed by atoms with Gasteiger partial charge < -0.3 is 10.3 Å². The summed E-state index contributed by atoms with van der Waals surface area (Å²) in [5.41, 5.74) is 8.83. The van der Waals surface area contributed by atoms with Crippen molar-refractivity contribution in [2.24, 2.45) is 0 Å². The quantitative estimate of drug-likeness (QED) is 0.378. The Bertz CT molecular complexity index is 1470. The molecule has 1 amide bonds. The van der Waals surface area contributed by atoms with Gasteiger partial charge in [0.1, 0.15) is 11.4 Å². The van der Waals surface area contributed by atoms with E-state index >= 15 is 0 Å². The third-order valence-corrected chi connectivity index (χ3v) is 7.05. The predicted molar refractivity (Wildman–Crippen MR) is 136 cm³/mol. The molecule has 0 spiro atoms. The van der Waals surface area contributed by atoms with Gasteiger partial charge in [-0.05, 0) is 60.9 Å². The Balaban J connectivity index is 1.57. The number of hydrogen-bond donors (Lipinski definition) is 2. The fourth-order valence-corrected chi connectivity index (χ4v) is 5.46. The van der Waals surface area contributed by atoms with E-state index in [1.54, 1.807) is 29.8 Å². The summed E-state index contributed by atoms with van der Waals surface area (Å²) in [5.74, 6) is 0.439. The van der Waals surface area contributed by atoms with E-state index in [9.17, 15) is 13.6 Å². The maximum absolute atomic E-state index is 13.9. The van der Waals surface area contributed by atoms with Crippen molar-refractivity contribution in [2.75, 3.05) is 10.6 Å². The van der Waals surface area contributed by atoms with Crippen LogP contribution in [0, 0.1) is 6.92 Å². The largest absolute Gasteiger partial charge is 0.383 e. The van der Waals surface area contributed by atoms with Crippen molar-refractivity contribution in [1.82, 2.24) is 14.5 Å². The molecule has 0 saturated heterocycles. The zero-order valence-corrected chi connectivity index (χ0v) is 20.5. The molecular weight excluding hydrogens is 486 g/mol. The molecule has 10 heteroatoms. The van der Waals surface area contributed by atoms with Crippen LogP contribution >= 0.6 is 11.6 Å². The number of carbonyl (C=O) groups is 1. The van der Waals surface area contributed by atoms with E-state index in [-0.39, 0.29) is 23.3 Å². The number of hydrogen-bond acceptors (Lipinski definition) is 5. The average Bonchev–Trinajstić information content (AvgIpc) is 3.33. The lowest BCUT2D eigenvalue weighted by Crippen LogP contribution is -2.41. The molecule has 178 valence electrons. The molecule has 3 N–H and O–H groups in total. The number of imidazole rings is 1. The number of amides is 1. The maximum atomic E-state index is 13.9. The van der Waals surface area contributed by atoms with Crippen LogP contribution < -0.4 is 10.6 Å². The van der Waals surface area contributed by atoms with Gasteiger partial charge in [-0.15, -0.1) is 0 Å². The van der Waals surface area contributed by atoms with Crippen LogP contribution in [0.3, 0.4) is 0 Å². The summed E-state index contributed by atoms with van der Waals surface area (Å²) in [6, 6.07) is 16.7. The Morgan fingerprint density at radius 2 is 1.89 bits per heavy atom. The molecule has 0 saturated carbocycles. The van der Waals surface area contributed by atoms with Crippen LogP contribution in [0.1, 0.15) is 18.1 Å². The van der Waals surface area contributed by atoms with Crippen molar-refractivity contribution in [1.29, 1.82) is 0 Å². The average molecular weight is 508 g/mol.